The number of carboxylic acid groups (broad SMARTS) is 1. The summed E-state index contributed by atoms with van der Waals surface area (Å²) < 4.78 is 11.6. The van der Waals surface area contributed by atoms with Gasteiger partial charge >= 0.3 is 11.9 Å². The van der Waals surface area contributed by atoms with E-state index in [2.05, 4.69) is 33.9 Å². The van der Waals surface area contributed by atoms with Gasteiger partial charge in [0.2, 0.25) is 0 Å². The summed E-state index contributed by atoms with van der Waals surface area (Å²) in [6.45, 7) is 15.7. The van der Waals surface area contributed by atoms with Gasteiger partial charge in [-0.15, -0.1) is 0 Å². The van der Waals surface area contributed by atoms with Gasteiger partial charge in [-0.2, -0.15) is 0 Å². The van der Waals surface area contributed by atoms with Crippen molar-refractivity contribution in [2.45, 2.75) is 65.3 Å². The molecule has 0 unspecified atom stereocenters. The fourth-order valence-electron chi connectivity index (χ4n) is 1.67. The van der Waals surface area contributed by atoms with Gasteiger partial charge in [0.1, 0.15) is 16.9 Å². The quantitative estimate of drug-likeness (QED) is 0.627. The van der Waals surface area contributed by atoms with Gasteiger partial charge in [0.15, 0.2) is 0 Å². The van der Waals surface area contributed by atoms with Crippen LogP contribution in [0.4, 0.5) is 0 Å². The number of esters is 1. The van der Waals surface area contributed by atoms with Gasteiger partial charge < -0.3 is 14.3 Å². The molecular weight excluding hydrogens is 324 g/mol. The van der Waals surface area contributed by atoms with Crippen LogP contribution in [0.2, 0.25) is 18.1 Å². The van der Waals surface area contributed by atoms with Crippen molar-refractivity contribution in [1.29, 1.82) is 0 Å². The van der Waals surface area contributed by atoms with Crippen LogP contribution in [-0.4, -0.2) is 31.0 Å². The standard InChI is InChI=1S/C18H28O5Si/c1-17(2,3)22-16(21)13-11-12(15(19)20)9-10-14(13)23-24(7,8)18(4,5)6/h9-11H,1-8H3,(H,19,20). The predicted molar refractivity (Wildman–Crippen MR) is 96.4 cm³/mol. The normalized spacial score (nSPS) is 12.7. The summed E-state index contributed by atoms with van der Waals surface area (Å²) >= 11 is 0. The Hall–Kier alpha value is -1.82. The van der Waals surface area contributed by atoms with E-state index in [4.69, 9.17) is 9.16 Å². The molecule has 0 amide bonds. The molecule has 1 aromatic carbocycles. The number of aromatic carboxylic acids is 1. The zero-order valence-corrected chi connectivity index (χ0v) is 16.8. The molecule has 0 bridgehead atoms. The maximum atomic E-state index is 12.5. The van der Waals surface area contributed by atoms with Crippen LogP contribution in [-0.2, 0) is 4.74 Å². The lowest BCUT2D eigenvalue weighted by atomic mass is 10.1. The first-order chi connectivity index (χ1) is 10.6. The molecule has 0 atom stereocenters. The van der Waals surface area contributed by atoms with Crippen LogP contribution < -0.4 is 4.43 Å². The number of benzene rings is 1. The lowest BCUT2D eigenvalue weighted by molar-refractivity contribution is 0.00676. The van der Waals surface area contributed by atoms with E-state index in [1.54, 1.807) is 26.8 Å². The second kappa shape index (κ2) is 6.59. The Morgan fingerprint density at radius 2 is 1.58 bits per heavy atom. The lowest BCUT2D eigenvalue weighted by Gasteiger charge is -2.37. The Labute approximate surface area is 145 Å². The molecule has 6 heteroatoms. The van der Waals surface area contributed by atoms with Gasteiger partial charge in [0.05, 0.1) is 5.56 Å². The summed E-state index contributed by atoms with van der Waals surface area (Å²) in [6.07, 6.45) is 0. The average Bonchev–Trinajstić information content (AvgIpc) is 2.34. The molecule has 0 saturated carbocycles. The van der Waals surface area contributed by atoms with E-state index in [0.717, 1.165) is 0 Å². The predicted octanol–water partition coefficient (Wildman–Crippen LogP) is 4.72. The molecule has 24 heavy (non-hydrogen) atoms. The van der Waals surface area contributed by atoms with E-state index < -0.39 is 25.9 Å². The molecule has 134 valence electrons. The molecule has 0 aliphatic carbocycles. The molecule has 0 aromatic heterocycles. The Balaban J connectivity index is 3.34. The van der Waals surface area contributed by atoms with Crippen molar-refractivity contribution in [3.8, 4) is 5.75 Å². The highest BCUT2D eigenvalue weighted by Crippen LogP contribution is 2.38. The molecule has 1 N–H and O–H groups in total. The maximum absolute atomic E-state index is 12.5. The van der Waals surface area contributed by atoms with E-state index in [0.29, 0.717) is 5.75 Å². The Morgan fingerprint density at radius 3 is 2.00 bits per heavy atom. The Morgan fingerprint density at radius 1 is 1.04 bits per heavy atom. The van der Waals surface area contributed by atoms with Crippen molar-refractivity contribution in [3.63, 3.8) is 0 Å². The minimum absolute atomic E-state index is 0.0263. The first-order valence-corrected chi connectivity index (χ1v) is 10.8. The molecular formula is C18H28O5Si. The summed E-state index contributed by atoms with van der Waals surface area (Å²) in [4.78, 5) is 23.7. The number of carbonyl (C=O) groups is 2. The number of rotatable bonds is 4. The summed E-state index contributed by atoms with van der Waals surface area (Å²) in [5, 5.41) is 9.14. The summed E-state index contributed by atoms with van der Waals surface area (Å²) in [5.74, 6) is -1.31. The molecule has 1 aromatic rings. The summed E-state index contributed by atoms with van der Waals surface area (Å²) in [5.41, 5.74) is -0.502. The van der Waals surface area contributed by atoms with Crippen LogP contribution in [0, 0.1) is 0 Å². The van der Waals surface area contributed by atoms with Crippen molar-refractivity contribution in [2.75, 3.05) is 0 Å². The number of hydrogen-bond acceptors (Lipinski definition) is 4. The molecule has 0 heterocycles. The van der Waals surface area contributed by atoms with Gasteiger partial charge in [-0.05, 0) is 57.1 Å². The summed E-state index contributed by atoms with van der Waals surface area (Å²) in [7, 11) is -2.18. The molecule has 0 spiro atoms. The van der Waals surface area contributed by atoms with Crippen molar-refractivity contribution >= 4 is 20.3 Å². The van der Waals surface area contributed by atoms with Crippen molar-refractivity contribution in [3.05, 3.63) is 29.3 Å². The van der Waals surface area contributed by atoms with Gasteiger partial charge in [-0.25, -0.2) is 9.59 Å². The van der Waals surface area contributed by atoms with Crippen LogP contribution in [0.15, 0.2) is 18.2 Å². The van der Waals surface area contributed by atoms with Crippen LogP contribution in [0.1, 0.15) is 62.3 Å². The topological polar surface area (TPSA) is 72.8 Å². The molecule has 0 fully saturated rings. The van der Waals surface area contributed by atoms with Gasteiger partial charge in [-0.1, -0.05) is 20.8 Å². The number of carboxylic acids is 1. The van der Waals surface area contributed by atoms with Crippen LogP contribution >= 0.6 is 0 Å². The second-order valence-corrected chi connectivity index (χ2v) is 13.1. The van der Waals surface area contributed by atoms with Gasteiger partial charge in [0.25, 0.3) is 8.32 Å². The van der Waals surface area contributed by atoms with E-state index in [-0.39, 0.29) is 16.2 Å². The van der Waals surface area contributed by atoms with Crippen molar-refractivity contribution in [2.24, 2.45) is 0 Å². The molecule has 0 aliphatic heterocycles. The Bertz CT molecular complexity index is 636. The van der Waals surface area contributed by atoms with Crippen molar-refractivity contribution in [1.82, 2.24) is 0 Å². The minimum atomic E-state index is -2.18. The van der Waals surface area contributed by atoms with Gasteiger partial charge in [-0.3, -0.25) is 0 Å². The zero-order valence-electron chi connectivity index (χ0n) is 15.8. The van der Waals surface area contributed by atoms with E-state index in [1.807, 2.05) is 0 Å². The van der Waals surface area contributed by atoms with E-state index in [9.17, 15) is 14.7 Å². The average molecular weight is 353 g/mol. The van der Waals surface area contributed by atoms with Crippen LogP contribution in [0.25, 0.3) is 0 Å². The third kappa shape index (κ3) is 5.09. The molecule has 1 rings (SSSR count). The Kier molecular flexibility index (Phi) is 5.55. The molecule has 5 nitrogen and oxygen atoms in total. The van der Waals surface area contributed by atoms with Crippen LogP contribution in [0.5, 0.6) is 5.75 Å². The molecule has 0 saturated heterocycles. The number of ether oxygens (including phenoxy) is 1. The molecule has 0 radical (unpaired) electrons. The largest absolute Gasteiger partial charge is 0.543 e. The lowest BCUT2D eigenvalue weighted by Crippen LogP contribution is -2.44. The monoisotopic (exact) mass is 352 g/mol. The maximum Gasteiger partial charge on any atom is 0.342 e. The molecule has 0 aliphatic rings. The highest BCUT2D eigenvalue weighted by atomic mass is 28.4. The fourth-order valence-corrected chi connectivity index (χ4v) is 2.71. The van der Waals surface area contributed by atoms with Gasteiger partial charge in [0, 0.05) is 0 Å². The van der Waals surface area contributed by atoms with E-state index in [1.165, 1.54) is 12.1 Å². The minimum Gasteiger partial charge on any atom is -0.543 e. The highest BCUT2D eigenvalue weighted by molar-refractivity contribution is 6.74. The smallest absolute Gasteiger partial charge is 0.342 e. The van der Waals surface area contributed by atoms with Crippen molar-refractivity contribution < 1.29 is 23.9 Å². The highest BCUT2D eigenvalue weighted by Gasteiger charge is 2.40. The first-order valence-electron chi connectivity index (χ1n) is 7.94. The first kappa shape index (κ1) is 20.2. The van der Waals surface area contributed by atoms with E-state index >= 15 is 0 Å². The number of carbonyl (C=O) groups excluding carboxylic acids is 1. The SMILES string of the molecule is CC(C)(C)OC(=O)c1cc(C(=O)O)ccc1O[Si](C)(C)C(C)(C)C. The van der Waals surface area contributed by atoms with Crippen LogP contribution in [0.3, 0.4) is 0 Å². The summed E-state index contributed by atoms with van der Waals surface area (Å²) in [6, 6.07) is 4.31. The number of hydrogen-bond donors (Lipinski definition) is 1. The second-order valence-electron chi connectivity index (χ2n) is 8.38. The fraction of sp³-hybridized carbons (Fsp3) is 0.556. The zero-order chi connectivity index (χ0) is 18.9. The third-order valence-corrected chi connectivity index (χ3v) is 8.36. The third-order valence-electron chi connectivity index (χ3n) is 4.02.